The average Bonchev–Trinajstić information content (AvgIpc) is 2.83. The molecule has 0 saturated carbocycles. The molecule has 1 fully saturated rings. The molecule has 1 amide bonds. The highest BCUT2D eigenvalue weighted by Crippen LogP contribution is 2.36. The number of nitrogens with zero attached hydrogens (tertiary/aromatic N) is 2. The van der Waals surface area contributed by atoms with E-state index < -0.39 is 31.9 Å². The summed E-state index contributed by atoms with van der Waals surface area (Å²) in [7, 11) is -8.40. The molecule has 0 unspecified atom stereocenters. The molecule has 0 spiro atoms. The van der Waals surface area contributed by atoms with E-state index in [1.807, 2.05) is 4.72 Å². The Bertz CT molecular complexity index is 1570. The van der Waals surface area contributed by atoms with Crippen LogP contribution in [-0.4, -0.2) is 69.4 Å². The lowest BCUT2D eigenvalue weighted by molar-refractivity contribution is -0.117. The van der Waals surface area contributed by atoms with Crippen LogP contribution in [0.1, 0.15) is 17.3 Å². The van der Waals surface area contributed by atoms with Gasteiger partial charge < -0.3 is 15.2 Å². The summed E-state index contributed by atoms with van der Waals surface area (Å²) >= 11 is 0. The molecule has 1 aliphatic heterocycles. The SMILES string of the molecule is CC(=O)NS(=O)(=O)c1ccc2ncc(S(=O)(=O)N3CCOCC3)c(Nc3ccccc3C(=O)O)c2c1. The molecular formula is C22H22N4O8S2. The lowest BCUT2D eigenvalue weighted by Gasteiger charge is -2.27. The number of carboxylic acids is 1. The van der Waals surface area contributed by atoms with E-state index in [2.05, 4.69) is 10.3 Å². The van der Waals surface area contributed by atoms with Crippen LogP contribution in [0.4, 0.5) is 11.4 Å². The molecule has 0 aliphatic carbocycles. The Morgan fingerprint density at radius 3 is 2.42 bits per heavy atom. The number of ether oxygens (including phenoxy) is 1. The van der Waals surface area contributed by atoms with Crippen molar-refractivity contribution in [2.45, 2.75) is 16.7 Å². The smallest absolute Gasteiger partial charge is 0.337 e. The summed E-state index contributed by atoms with van der Waals surface area (Å²) in [5, 5.41) is 12.6. The van der Waals surface area contributed by atoms with Gasteiger partial charge in [-0.15, -0.1) is 0 Å². The number of aromatic carboxylic acids is 1. The third-order valence-corrected chi connectivity index (χ3v) is 8.74. The normalized spacial score (nSPS) is 14.9. The Hall–Kier alpha value is -3.59. The summed E-state index contributed by atoms with van der Waals surface area (Å²) in [6.07, 6.45) is 1.14. The first-order valence-electron chi connectivity index (χ1n) is 10.6. The van der Waals surface area contributed by atoms with Crippen LogP contribution in [0.2, 0.25) is 0 Å². The number of anilines is 2. The van der Waals surface area contributed by atoms with E-state index in [0.717, 1.165) is 13.1 Å². The van der Waals surface area contributed by atoms with Crippen molar-refractivity contribution in [1.29, 1.82) is 0 Å². The Kier molecular flexibility index (Phi) is 6.95. The number of aromatic nitrogens is 1. The fourth-order valence-corrected chi connectivity index (χ4v) is 6.26. The highest BCUT2D eigenvalue weighted by atomic mass is 32.2. The summed E-state index contributed by atoms with van der Waals surface area (Å²) in [6.45, 7) is 1.64. The minimum absolute atomic E-state index is 0.0555. The van der Waals surface area contributed by atoms with Crippen LogP contribution in [0.25, 0.3) is 10.9 Å². The molecule has 0 bridgehead atoms. The number of hydrogen-bond acceptors (Lipinski definition) is 9. The zero-order valence-corrected chi connectivity index (χ0v) is 20.6. The van der Waals surface area contributed by atoms with Gasteiger partial charge in [0.1, 0.15) is 4.90 Å². The molecular weight excluding hydrogens is 512 g/mol. The Balaban J connectivity index is 1.98. The van der Waals surface area contributed by atoms with Crippen molar-refractivity contribution >= 4 is 54.2 Å². The predicted molar refractivity (Wildman–Crippen MR) is 129 cm³/mol. The summed E-state index contributed by atoms with van der Waals surface area (Å²) in [6, 6.07) is 9.66. The van der Waals surface area contributed by atoms with Crippen LogP contribution in [-0.2, 0) is 29.6 Å². The lowest BCUT2D eigenvalue weighted by Crippen LogP contribution is -2.40. The first-order chi connectivity index (χ1) is 17.0. The number of fused-ring (bicyclic) bond motifs is 1. The third-order valence-electron chi connectivity index (χ3n) is 5.40. The van der Waals surface area contributed by atoms with Crippen LogP contribution < -0.4 is 10.0 Å². The number of morpholine rings is 1. The number of amides is 1. The average molecular weight is 535 g/mol. The zero-order valence-electron chi connectivity index (χ0n) is 19.0. The van der Waals surface area contributed by atoms with E-state index in [0.29, 0.717) is 0 Å². The van der Waals surface area contributed by atoms with E-state index in [1.54, 1.807) is 6.07 Å². The fraction of sp³-hybridized carbons (Fsp3) is 0.227. The summed E-state index contributed by atoms with van der Waals surface area (Å²) in [5.74, 6) is -2.05. The van der Waals surface area contributed by atoms with Gasteiger partial charge in [0, 0.05) is 31.6 Å². The van der Waals surface area contributed by atoms with Gasteiger partial charge in [0.2, 0.25) is 15.9 Å². The van der Waals surface area contributed by atoms with Gasteiger partial charge in [-0.1, -0.05) is 12.1 Å². The van der Waals surface area contributed by atoms with Crippen LogP contribution in [0.3, 0.4) is 0 Å². The largest absolute Gasteiger partial charge is 0.478 e. The minimum atomic E-state index is -4.26. The van der Waals surface area contributed by atoms with E-state index in [4.69, 9.17) is 4.74 Å². The molecule has 2 heterocycles. The number of benzene rings is 2. The van der Waals surface area contributed by atoms with Gasteiger partial charge in [-0.3, -0.25) is 9.78 Å². The van der Waals surface area contributed by atoms with Crippen LogP contribution in [0.5, 0.6) is 0 Å². The molecule has 190 valence electrons. The molecule has 0 radical (unpaired) electrons. The fourth-order valence-electron chi connectivity index (χ4n) is 3.73. The monoisotopic (exact) mass is 534 g/mol. The van der Waals surface area contributed by atoms with Gasteiger partial charge in [0.15, 0.2) is 0 Å². The van der Waals surface area contributed by atoms with Crippen molar-refractivity contribution in [3.8, 4) is 0 Å². The van der Waals surface area contributed by atoms with Gasteiger partial charge in [0.25, 0.3) is 10.0 Å². The standard InChI is InChI=1S/C22H22N4O8S2/c1-14(27)25-35(30,31)15-6-7-18-17(12-15)21(24-19-5-3-2-4-16(19)22(28)29)20(13-23-18)36(32,33)26-8-10-34-11-9-26/h2-7,12-13H,8-11H2,1H3,(H,23,24)(H,25,27)(H,28,29). The first kappa shape index (κ1) is 25.5. The van der Waals surface area contributed by atoms with E-state index >= 15 is 0 Å². The third kappa shape index (κ3) is 5.02. The quantitative estimate of drug-likeness (QED) is 0.403. The number of sulfonamides is 2. The second-order valence-corrected chi connectivity index (χ2v) is 11.4. The predicted octanol–water partition coefficient (Wildman–Crippen LogP) is 1.52. The molecule has 1 aromatic heterocycles. The molecule has 1 aliphatic rings. The van der Waals surface area contributed by atoms with Gasteiger partial charge in [-0.25, -0.2) is 26.4 Å². The number of nitrogens with one attached hydrogen (secondary N) is 2. The highest BCUT2D eigenvalue weighted by molar-refractivity contribution is 7.90. The second-order valence-electron chi connectivity index (χ2n) is 7.83. The number of hydrogen-bond donors (Lipinski definition) is 3. The van der Waals surface area contributed by atoms with Crippen molar-refractivity contribution < 1.29 is 36.3 Å². The number of carboxylic acid groups (broad SMARTS) is 1. The van der Waals surface area contributed by atoms with Crippen molar-refractivity contribution in [3.63, 3.8) is 0 Å². The molecule has 14 heteroatoms. The van der Waals surface area contributed by atoms with Crippen LogP contribution in [0, 0.1) is 0 Å². The number of carbonyl (C=O) groups is 2. The number of carbonyl (C=O) groups excluding carboxylic acids is 1. The Morgan fingerprint density at radius 1 is 1.06 bits per heavy atom. The number of pyridine rings is 1. The minimum Gasteiger partial charge on any atom is -0.478 e. The molecule has 3 N–H and O–H groups in total. The molecule has 0 atom stereocenters. The summed E-state index contributed by atoms with van der Waals surface area (Å²) in [5.41, 5.74) is 0.151. The molecule has 2 aromatic carbocycles. The summed E-state index contributed by atoms with van der Waals surface area (Å²) in [4.78, 5) is 26.8. The van der Waals surface area contributed by atoms with Gasteiger partial charge in [-0.2, -0.15) is 4.31 Å². The van der Waals surface area contributed by atoms with Crippen LogP contribution in [0.15, 0.2) is 58.5 Å². The van der Waals surface area contributed by atoms with Crippen molar-refractivity contribution in [2.75, 3.05) is 31.6 Å². The topological polar surface area (TPSA) is 172 Å². The van der Waals surface area contributed by atoms with Crippen molar-refractivity contribution in [3.05, 3.63) is 54.2 Å². The molecule has 1 saturated heterocycles. The molecule has 3 aromatic rings. The number of para-hydroxylation sites is 1. The molecule has 36 heavy (non-hydrogen) atoms. The maximum Gasteiger partial charge on any atom is 0.337 e. The van der Waals surface area contributed by atoms with Crippen molar-refractivity contribution in [2.24, 2.45) is 0 Å². The number of rotatable bonds is 7. The maximum absolute atomic E-state index is 13.6. The van der Waals surface area contributed by atoms with E-state index in [9.17, 15) is 31.5 Å². The molecule has 12 nitrogen and oxygen atoms in total. The summed E-state index contributed by atoms with van der Waals surface area (Å²) < 4.78 is 60.8. The van der Waals surface area contributed by atoms with E-state index in [1.165, 1.54) is 40.7 Å². The first-order valence-corrected chi connectivity index (χ1v) is 13.6. The maximum atomic E-state index is 13.6. The lowest BCUT2D eigenvalue weighted by atomic mass is 10.1. The Morgan fingerprint density at radius 2 is 1.75 bits per heavy atom. The van der Waals surface area contributed by atoms with E-state index in [-0.39, 0.29) is 63.9 Å². The van der Waals surface area contributed by atoms with Crippen LogP contribution >= 0.6 is 0 Å². The van der Waals surface area contributed by atoms with Gasteiger partial charge in [0.05, 0.1) is 40.6 Å². The second kappa shape index (κ2) is 9.81. The van der Waals surface area contributed by atoms with Crippen molar-refractivity contribution in [1.82, 2.24) is 14.0 Å². The zero-order chi connectivity index (χ0) is 26.1. The van der Waals surface area contributed by atoms with Gasteiger partial charge in [-0.05, 0) is 30.3 Å². The Labute approximate surface area is 207 Å². The van der Waals surface area contributed by atoms with Gasteiger partial charge >= 0.3 is 5.97 Å². The highest BCUT2D eigenvalue weighted by Gasteiger charge is 2.31. The molecule has 4 rings (SSSR count).